The van der Waals surface area contributed by atoms with Crippen LogP contribution in [0.15, 0.2) is 70.7 Å². The smallest absolute Gasteiger partial charge is 0.265 e. The molecule has 0 saturated carbocycles. The Hall–Kier alpha value is -3.19. The molecule has 0 atom stereocenters. The zero-order chi connectivity index (χ0) is 22.5. The van der Waals surface area contributed by atoms with Crippen LogP contribution in [0.3, 0.4) is 0 Å². The van der Waals surface area contributed by atoms with Crippen LogP contribution < -0.4 is 10.9 Å². The summed E-state index contributed by atoms with van der Waals surface area (Å²) in [7, 11) is 0. The number of nitrogens with zero attached hydrogens (tertiary/aromatic N) is 3. The quantitative estimate of drug-likeness (QED) is 0.242. The van der Waals surface area contributed by atoms with Gasteiger partial charge >= 0.3 is 0 Å². The monoisotopic (exact) mass is 446 g/mol. The molecule has 6 nitrogen and oxygen atoms in total. The van der Waals surface area contributed by atoms with Gasteiger partial charge in [0.15, 0.2) is 0 Å². The molecule has 4 aromatic rings. The number of nitrogens with one attached hydrogen (secondary N) is 1. The van der Waals surface area contributed by atoms with Gasteiger partial charge in [0.25, 0.3) is 11.5 Å². The van der Waals surface area contributed by atoms with Gasteiger partial charge in [-0.05, 0) is 66.5 Å². The molecule has 1 amide bonds. The second-order valence-electron chi connectivity index (χ2n) is 7.99. The summed E-state index contributed by atoms with van der Waals surface area (Å²) in [6.07, 6.45) is 7.05. The topological polar surface area (TPSA) is 76.4 Å². The van der Waals surface area contributed by atoms with Crippen LogP contribution >= 0.6 is 11.8 Å². The van der Waals surface area contributed by atoms with Crippen LogP contribution in [-0.2, 0) is 0 Å². The van der Waals surface area contributed by atoms with Gasteiger partial charge in [0.1, 0.15) is 5.65 Å². The van der Waals surface area contributed by atoms with E-state index in [9.17, 15) is 9.59 Å². The lowest BCUT2D eigenvalue weighted by atomic mass is 10.0. The molecule has 7 heteroatoms. The van der Waals surface area contributed by atoms with Gasteiger partial charge in [-0.2, -0.15) is 0 Å². The SMILES string of the molecule is CC(C)c1ccc2nc3ccc(C(=O)NCCCCSc4ccncc4)cn3c(=O)c2c1. The van der Waals surface area contributed by atoms with E-state index < -0.39 is 0 Å². The van der Waals surface area contributed by atoms with Crippen molar-refractivity contribution in [2.45, 2.75) is 37.5 Å². The van der Waals surface area contributed by atoms with E-state index >= 15 is 0 Å². The van der Waals surface area contributed by atoms with E-state index in [0.29, 0.717) is 34.6 Å². The fraction of sp³-hybridized carbons (Fsp3) is 0.280. The lowest BCUT2D eigenvalue weighted by molar-refractivity contribution is 0.0952. The molecule has 0 saturated heterocycles. The standard InChI is InChI=1S/C25H26N4O2S/c1-17(2)18-5-7-22-21(15-18)25(31)29-16-19(6-8-23(29)28-22)24(30)27-11-3-4-14-32-20-9-12-26-13-10-20/h5-10,12-13,15-17H,3-4,11,14H2,1-2H3,(H,27,30). The number of carbonyl (C=O) groups excluding carboxylic acids is 1. The number of hydrogen-bond acceptors (Lipinski definition) is 5. The highest BCUT2D eigenvalue weighted by Gasteiger charge is 2.11. The molecule has 4 rings (SSSR count). The zero-order valence-corrected chi connectivity index (χ0v) is 19.1. The first-order chi connectivity index (χ1) is 15.5. The molecule has 0 bridgehead atoms. The van der Waals surface area contributed by atoms with Crippen molar-refractivity contribution in [2.75, 3.05) is 12.3 Å². The molecular weight excluding hydrogens is 420 g/mol. The molecule has 164 valence electrons. The maximum Gasteiger partial charge on any atom is 0.265 e. The minimum atomic E-state index is -0.184. The number of amides is 1. The molecular formula is C25H26N4O2S. The van der Waals surface area contributed by atoms with Gasteiger partial charge in [-0.3, -0.25) is 19.0 Å². The minimum Gasteiger partial charge on any atom is -0.352 e. The summed E-state index contributed by atoms with van der Waals surface area (Å²) in [5.41, 5.74) is 2.58. The van der Waals surface area contributed by atoms with Crippen molar-refractivity contribution in [2.24, 2.45) is 0 Å². The first kappa shape index (κ1) is 22.0. The van der Waals surface area contributed by atoms with E-state index in [1.54, 1.807) is 42.5 Å². The Kier molecular flexibility index (Phi) is 6.85. The van der Waals surface area contributed by atoms with Crippen molar-refractivity contribution in [3.8, 4) is 0 Å². The highest BCUT2D eigenvalue weighted by Crippen LogP contribution is 2.19. The molecule has 0 aliphatic rings. The van der Waals surface area contributed by atoms with Crippen molar-refractivity contribution in [3.05, 3.63) is 82.5 Å². The lowest BCUT2D eigenvalue weighted by Crippen LogP contribution is -2.26. The van der Waals surface area contributed by atoms with E-state index in [4.69, 9.17) is 0 Å². The molecule has 0 aliphatic carbocycles. The third-order valence-corrected chi connectivity index (χ3v) is 6.43. The summed E-state index contributed by atoms with van der Waals surface area (Å²) >= 11 is 1.78. The Morgan fingerprint density at radius 1 is 1.09 bits per heavy atom. The summed E-state index contributed by atoms with van der Waals surface area (Å²) < 4.78 is 1.46. The summed E-state index contributed by atoms with van der Waals surface area (Å²) in [6, 6.07) is 13.2. The van der Waals surface area contributed by atoms with Gasteiger partial charge in [-0.1, -0.05) is 19.9 Å². The fourth-order valence-corrected chi connectivity index (χ4v) is 4.37. The third-order valence-electron chi connectivity index (χ3n) is 5.34. The van der Waals surface area contributed by atoms with Gasteiger partial charge in [0.2, 0.25) is 0 Å². The van der Waals surface area contributed by atoms with Crippen LogP contribution in [0, 0.1) is 0 Å². The Morgan fingerprint density at radius 2 is 1.91 bits per heavy atom. The Balaban J connectivity index is 1.41. The van der Waals surface area contributed by atoms with E-state index in [-0.39, 0.29) is 11.5 Å². The van der Waals surface area contributed by atoms with Crippen LogP contribution in [0.2, 0.25) is 0 Å². The molecule has 1 aromatic carbocycles. The molecule has 0 aliphatic heterocycles. The van der Waals surface area contributed by atoms with Gasteiger partial charge in [0.05, 0.1) is 16.5 Å². The highest BCUT2D eigenvalue weighted by molar-refractivity contribution is 7.99. The molecule has 0 unspecified atom stereocenters. The summed E-state index contributed by atoms with van der Waals surface area (Å²) in [6.45, 7) is 4.78. The van der Waals surface area contributed by atoms with Crippen LogP contribution in [0.5, 0.6) is 0 Å². The average Bonchev–Trinajstić information content (AvgIpc) is 2.81. The largest absolute Gasteiger partial charge is 0.352 e. The Labute approximate surface area is 191 Å². The van der Waals surface area contributed by atoms with E-state index in [1.165, 1.54) is 9.30 Å². The van der Waals surface area contributed by atoms with Crippen LogP contribution in [-0.4, -0.2) is 32.6 Å². The Morgan fingerprint density at radius 3 is 2.69 bits per heavy atom. The molecule has 0 fully saturated rings. The van der Waals surface area contributed by atoms with E-state index in [0.717, 1.165) is 24.2 Å². The van der Waals surface area contributed by atoms with Crippen molar-refractivity contribution < 1.29 is 4.79 Å². The lowest BCUT2D eigenvalue weighted by Gasteiger charge is -2.09. The predicted octanol–water partition coefficient (Wildman–Crippen LogP) is 4.67. The van der Waals surface area contributed by atoms with Gasteiger partial charge in [-0.15, -0.1) is 11.8 Å². The number of hydrogen-bond donors (Lipinski definition) is 1. The number of aromatic nitrogens is 3. The van der Waals surface area contributed by atoms with Gasteiger partial charge < -0.3 is 5.32 Å². The van der Waals surface area contributed by atoms with Gasteiger partial charge in [-0.25, -0.2) is 4.98 Å². The van der Waals surface area contributed by atoms with Crippen molar-refractivity contribution in [1.29, 1.82) is 0 Å². The van der Waals surface area contributed by atoms with Crippen molar-refractivity contribution in [3.63, 3.8) is 0 Å². The molecule has 32 heavy (non-hydrogen) atoms. The third kappa shape index (κ3) is 4.99. The molecule has 3 heterocycles. The zero-order valence-electron chi connectivity index (χ0n) is 18.2. The molecule has 3 aromatic heterocycles. The number of thioether (sulfide) groups is 1. The van der Waals surface area contributed by atoms with Crippen molar-refractivity contribution >= 4 is 34.2 Å². The normalized spacial score (nSPS) is 11.3. The van der Waals surface area contributed by atoms with Crippen LogP contribution in [0.25, 0.3) is 16.6 Å². The van der Waals surface area contributed by atoms with Gasteiger partial charge in [0, 0.05) is 30.0 Å². The number of unbranched alkanes of at least 4 members (excludes halogenated alkanes) is 1. The average molecular weight is 447 g/mol. The first-order valence-corrected chi connectivity index (χ1v) is 11.8. The second-order valence-corrected chi connectivity index (χ2v) is 9.16. The van der Waals surface area contributed by atoms with E-state index in [2.05, 4.69) is 29.1 Å². The first-order valence-electron chi connectivity index (χ1n) is 10.8. The number of benzene rings is 1. The summed E-state index contributed by atoms with van der Waals surface area (Å²) in [5.74, 6) is 1.12. The maximum absolute atomic E-state index is 13.1. The fourth-order valence-electron chi connectivity index (χ4n) is 3.47. The highest BCUT2D eigenvalue weighted by atomic mass is 32.2. The van der Waals surface area contributed by atoms with E-state index in [1.807, 2.05) is 30.3 Å². The van der Waals surface area contributed by atoms with Crippen LogP contribution in [0.4, 0.5) is 0 Å². The molecule has 1 N–H and O–H groups in total. The van der Waals surface area contributed by atoms with Crippen molar-refractivity contribution in [1.82, 2.24) is 19.7 Å². The summed E-state index contributed by atoms with van der Waals surface area (Å²) in [4.78, 5) is 35.5. The van der Waals surface area contributed by atoms with Crippen LogP contribution in [0.1, 0.15) is 48.5 Å². The number of fused-ring (bicyclic) bond motifs is 2. The second kappa shape index (κ2) is 9.96. The predicted molar refractivity (Wildman–Crippen MR) is 130 cm³/mol. The minimum absolute atomic E-state index is 0.157. The maximum atomic E-state index is 13.1. The number of carbonyl (C=O) groups is 1. The number of pyridine rings is 2. The molecule has 0 radical (unpaired) electrons. The molecule has 0 spiro atoms. The Bertz CT molecular complexity index is 1300. The summed E-state index contributed by atoms with van der Waals surface area (Å²) in [5, 5.41) is 3.52. The number of rotatable bonds is 8.